The van der Waals surface area contributed by atoms with Gasteiger partial charge in [-0.05, 0) is 53.7 Å². The van der Waals surface area contributed by atoms with Crippen LogP contribution in [0.1, 0.15) is 15.9 Å². The molecule has 0 radical (unpaired) electrons. The number of H-pyrrole nitrogens is 1. The van der Waals surface area contributed by atoms with Crippen LogP contribution in [0, 0.1) is 5.82 Å². The minimum atomic E-state index is -0.406. The number of carbonyl (C=O) groups excluding carboxylic acids is 1. The Morgan fingerprint density at radius 2 is 1.91 bits per heavy atom. The average molecular weight is 480 g/mol. The van der Waals surface area contributed by atoms with E-state index in [4.69, 9.17) is 25.5 Å². The third-order valence-corrected chi connectivity index (χ3v) is 5.20. The van der Waals surface area contributed by atoms with Crippen molar-refractivity contribution in [3.63, 3.8) is 0 Å². The molecule has 2 N–H and O–H groups in total. The van der Waals surface area contributed by atoms with Crippen LogP contribution in [-0.2, 0) is 6.61 Å². The van der Waals surface area contributed by atoms with Crippen molar-refractivity contribution in [1.29, 1.82) is 0 Å². The van der Waals surface area contributed by atoms with Gasteiger partial charge in [-0.2, -0.15) is 5.21 Å². The highest BCUT2D eigenvalue weighted by Crippen LogP contribution is 2.28. The number of aromatic nitrogens is 4. The summed E-state index contributed by atoms with van der Waals surface area (Å²) < 4.78 is 29.8. The summed E-state index contributed by atoms with van der Waals surface area (Å²) in [6.07, 6.45) is 1.38. The highest BCUT2D eigenvalue weighted by atomic mass is 35.5. The van der Waals surface area contributed by atoms with Crippen molar-refractivity contribution in [3.8, 4) is 17.5 Å². The summed E-state index contributed by atoms with van der Waals surface area (Å²) in [7, 11) is 0. The van der Waals surface area contributed by atoms with E-state index in [1.165, 1.54) is 18.4 Å². The van der Waals surface area contributed by atoms with Crippen molar-refractivity contribution < 1.29 is 23.1 Å². The number of anilines is 1. The van der Waals surface area contributed by atoms with Crippen molar-refractivity contribution in [2.24, 2.45) is 0 Å². The van der Waals surface area contributed by atoms with Gasteiger partial charge in [-0.15, -0.1) is 0 Å². The van der Waals surface area contributed by atoms with Gasteiger partial charge in [0.1, 0.15) is 35.8 Å². The molecule has 0 saturated heterocycles. The summed E-state index contributed by atoms with van der Waals surface area (Å²) >= 11 is 6.02. The number of aromatic amines is 1. The van der Waals surface area contributed by atoms with Crippen LogP contribution in [0.2, 0.25) is 5.02 Å². The molecule has 34 heavy (non-hydrogen) atoms. The van der Waals surface area contributed by atoms with Crippen LogP contribution in [0.5, 0.6) is 17.5 Å². The van der Waals surface area contributed by atoms with E-state index < -0.39 is 5.82 Å². The molecule has 0 unspecified atom stereocenters. The predicted molar refractivity (Wildman–Crippen MR) is 121 cm³/mol. The molecule has 1 amide bonds. The maximum absolute atomic E-state index is 13.2. The number of tetrazole rings is 1. The molecular formula is C23H15ClFN5O4. The molecule has 0 aliphatic carbocycles. The second-order valence-electron chi connectivity index (χ2n) is 7.11. The number of rotatable bonds is 7. The fourth-order valence-electron chi connectivity index (χ4n) is 3.18. The lowest BCUT2D eigenvalue weighted by Gasteiger charge is -2.09. The molecule has 3 aromatic carbocycles. The first-order valence-electron chi connectivity index (χ1n) is 9.96. The number of benzene rings is 3. The summed E-state index contributed by atoms with van der Waals surface area (Å²) in [5, 5.41) is 16.9. The van der Waals surface area contributed by atoms with E-state index in [1.54, 1.807) is 48.5 Å². The SMILES string of the molecule is O=C(Nc1ccc(OCc2ccc(F)cc2Cl)cc1)c1coc2cc(Oc3nn[nH]n3)ccc12. The van der Waals surface area contributed by atoms with Crippen LogP contribution < -0.4 is 14.8 Å². The minimum absolute atomic E-state index is 0.0667. The van der Waals surface area contributed by atoms with Crippen LogP contribution in [0.25, 0.3) is 11.0 Å². The molecular weight excluding hydrogens is 465 g/mol. The molecule has 170 valence electrons. The molecule has 11 heteroatoms. The second-order valence-corrected chi connectivity index (χ2v) is 7.51. The number of amides is 1. The smallest absolute Gasteiger partial charge is 0.361 e. The van der Waals surface area contributed by atoms with Crippen LogP contribution in [0.15, 0.2) is 71.3 Å². The number of nitrogens with one attached hydrogen (secondary N) is 2. The largest absolute Gasteiger partial charge is 0.489 e. The molecule has 9 nitrogen and oxygen atoms in total. The number of halogens is 2. The maximum atomic E-state index is 13.2. The normalized spacial score (nSPS) is 10.9. The molecule has 0 atom stereocenters. The summed E-state index contributed by atoms with van der Waals surface area (Å²) in [6.45, 7) is 0.185. The number of fused-ring (bicyclic) bond motifs is 1. The molecule has 0 bridgehead atoms. The van der Waals surface area contributed by atoms with Crippen molar-refractivity contribution in [1.82, 2.24) is 20.6 Å². The zero-order valence-corrected chi connectivity index (χ0v) is 18.0. The van der Waals surface area contributed by atoms with Gasteiger partial charge in [-0.3, -0.25) is 4.79 Å². The van der Waals surface area contributed by atoms with Gasteiger partial charge in [0.2, 0.25) is 0 Å². The summed E-state index contributed by atoms with van der Waals surface area (Å²) in [4.78, 5) is 12.8. The van der Waals surface area contributed by atoms with E-state index in [9.17, 15) is 9.18 Å². The summed E-state index contributed by atoms with van der Waals surface area (Å²) in [5.41, 5.74) is 2.07. The number of nitrogens with zero attached hydrogens (tertiary/aromatic N) is 3. The van der Waals surface area contributed by atoms with E-state index in [1.807, 2.05) is 0 Å². The van der Waals surface area contributed by atoms with Gasteiger partial charge in [0.05, 0.1) is 10.6 Å². The Labute approximate surface area is 196 Å². The van der Waals surface area contributed by atoms with Crippen molar-refractivity contribution in [3.05, 3.63) is 88.9 Å². The van der Waals surface area contributed by atoms with Crippen LogP contribution in [0.4, 0.5) is 10.1 Å². The zero-order chi connectivity index (χ0) is 23.5. The molecule has 5 rings (SSSR count). The van der Waals surface area contributed by atoms with E-state index in [-0.39, 0.29) is 18.5 Å². The highest BCUT2D eigenvalue weighted by molar-refractivity contribution is 6.31. The van der Waals surface area contributed by atoms with Crippen molar-refractivity contribution in [2.75, 3.05) is 5.32 Å². The van der Waals surface area contributed by atoms with E-state index in [0.717, 1.165) is 0 Å². The number of ether oxygens (including phenoxy) is 2. The fraction of sp³-hybridized carbons (Fsp3) is 0.0435. The lowest BCUT2D eigenvalue weighted by Crippen LogP contribution is -2.11. The quantitative estimate of drug-likeness (QED) is 0.323. The molecule has 0 aliphatic heterocycles. The van der Waals surface area contributed by atoms with Gasteiger partial charge in [0, 0.05) is 22.7 Å². The van der Waals surface area contributed by atoms with E-state index in [0.29, 0.717) is 44.3 Å². The van der Waals surface area contributed by atoms with Gasteiger partial charge in [0.25, 0.3) is 5.91 Å². The third-order valence-electron chi connectivity index (χ3n) is 4.85. The molecule has 0 spiro atoms. The Morgan fingerprint density at radius 1 is 1.09 bits per heavy atom. The van der Waals surface area contributed by atoms with Crippen LogP contribution in [-0.4, -0.2) is 26.5 Å². The minimum Gasteiger partial charge on any atom is -0.489 e. The van der Waals surface area contributed by atoms with Crippen LogP contribution in [0.3, 0.4) is 0 Å². The molecule has 5 aromatic rings. The first kappa shape index (κ1) is 21.4. The lowest BCUT2D eigenvalue weighted by atomic mass is 10.1. The van der Waals surface area contributed by atoms with Crippen molar-refractivity contribution >= 4 is 34.2 Å². The molecule has 0 fully saturated rings. The first-order chi connectivity index (χ1) is 16.5. The average Bonchev–Trinajstić information content (AvgIpc) is 3.49. The molecule has 2 aromatic heterocycles. The topological polar surface area (TPSA) is 115 Å². The van der Waals surface area contributed by atoms with Gasteiger partial charge >= 0.3 is 6.01 Å². The second kappa shape index (κ2) is 9.20. The van der Waals surface area contributed by atoms with Crippen molar-refractivity contribution in [2.45, 2.75) is 6.61 Å². The third kappa shape index (κ3) is 4.66. The molecule has 0 saturated carbocycles. The highest BCUT2D eigenvalue weighted by Gasteiger charge is 2.15. The van der Waals surface area contributed by atoms with Gasteiger partial charge in [-0.25, -0.2) is 4.39 Å². The van der Waals surface area contributed by atoms with E-state index in [2.05, 4.69) is 25.9 Å². The molecule has 2 heterocycles. The fourth-order valence-corrected chi connectivity index (χ4v) is 3.40. The standard InChI is InChI=1S/C23H15ClFN5O4/c24-20-9-14(25)2-1-13(20)11-32-16-5-3-15(4-6-16)26-22(31)19-12-33-21-10-17(7-8-18(19)21)34-23-27-29-30-28-23/h1-10,12H,11H2,(H,26,31)(H,27,28,29,30). The first-order valence-corrected chi connectivity index (χ1v) is 10.3. The monoisotopic (exact) mass is 479 g/mol. The van der Waals surface area contributed by atoms with Gasteiger partial charge < -0.3 is 19.2 Å². The number of hydrogen-bond acceptors (Lipinski definition) is 7. The number of carbonyl (C=O) groups is 1. The summed E-state index contributed by atoms with van der Waals surface area (Å²) in [5.74, 6) is 0.267. The zero-order valence-electron chi connectivity index (χ0n) is 17.3. The Balaban J connectivity index is 1.23. The molecule has 0 aliphatic rings. The predicted octanol–water partition coefficient (Wildman–Crippen LogP) is 5.36. The number of furan rings is 1. The lowest BCUT2D eigenvalue weighted by molar-refractivity contribution is 0.102. The van der Waals surface area contributed by atoms with E-state index >= 15 is 0 Å². The summed E-state index contributed by atoms with van der Waals surface area (Å²) in [6, 6.07) is 16.0. The Hall–Kier alpha value is -4.44. The Morgan fingerprint density at radius 3 is 2.68 bits per heavy atom. The Kier molecular flexibility index (Phi) is 5.79. The van der Waals surface area contributed by atoms with Gasteiger partial charge in [-0.1, -0.05) is 27.9 Å². The van der Waals surface area contributed by atoms with Crippen LogP contribution >= 0.6 is 11.6 Å². The Bertz CT molecular complexity index is 1450. The maximum Gasteiger partial charge on any atom is 0.361 e. The number of hydrogen-bond donors (Lipinski definition) is 2. The van der Waals surface area contributed by atoms with Gasteiger partial charge in [0.15, 0.2) is 0 Å².